The monoisotopic (exact) mass is 517 g/mol. The Bertz CT molecular complexity index is 1370. The van der Waals surface area contributed by atoms with Gasteiger partial charge < -0.3 is 21.5 Å². The molecule has 3 aromatic carbocycles. The van der Waals surface area contributed by atoms with Gasteiger partial charge in [0.25, 0.3) is 5.91 Å². The van der Waals surface area contributed by atoms with Gasteiger partial charge in [-0.25, -0.2) is 12.8 Å². The molecule has 0 spiro atoms. The van der Waals surface area contributed by atoms with Crippen LogP contribution in [0.25, 0.3) is 0 Å². The van der Waals surface area contributed by atoms with Crippen molar-refractivity contribution in [2.75, 3.05) is 24.6 Å². The Labute approximate surface area is 208 Å². The molecule has 1 aliphatic rings. The van der Waals surface area contributed by atoms with Crippen LogP contribution in [-0.4, -0.2) is 37.4 Å². The van der Waals surface area contributed by atoms with Gasteiger partial charge in [0.05, 0.1) is 27.6 Å². The fourth-order valence-electron chi connectivity index (χ4n) is 4.27. The molecular weight excluding hydrogens is 493 g/mol. The van der Waals surface area contributed by atoms with Crippen molar-refractivity contribution in [1.29, 1.82) is 0 Å². The van der Waals surface area contributed by atoms with E-state index in [9.17, 15) is 22.7 Å². The van der Waals surface area contributed by atoms with Gasteiger partial charge in [0, 0.05) is 29.2 Å². The van der Waals surface area contributed by atoms with E-state index in [0.717, 1.165) is 12.1 Å². The summed E-state index contributed by atoms with van der Waals surface area (Å²) in [5.74, 6) is -1.38. The molecule has 35 heavy (non-hydrogen) atoms. The zero-order valence-corrected chi connectivity index (χ0v) is 20.3. The van der Waals surface area contributed by atoms with Crippen LogP contribution in [0.4, 0.5) is 15.8 Å². The average Bonchev–Trinajstić information content (AvgIpc) is 2.83. The van der Waals surface area contributed by atoms with Gasteiger partial charge in [-0.2, -0.15) is 0 Å². The number of carbonyl (C=O) groups is 1. The number of amides is 1. The summed E-state index contributed by atoms with van der Waals surface area (Å²) in [6.45, 7) is 0.698. The van der Waals surface area contributed by atoms with E-state index in [1.807, 2.05) is 6.07 Å². The summed E-state index contributed by atoms with van der Waals surface area (Å²) in [6, 6.07) is 15.4. The standard InChI is InChI=1S/C25H25ClFN3O4S/c26-19-4-2-1-3-18(19)25(32)11-13-30(14-12-25)24(31)17-7-5-16(6-8-17)15-35(33,34)21-10-9-20(27)22(28)23(21)29/h1-10,32H,11-15,28-29H2. The SMILES string of the molecule is Nc1c(F)ccc(S(=O)(=O)Cc2ccc(C(=O)N3CCC(O)(c4ccccc4Cl)CC3)cc2)c1N. The van der Waals surface area contributed by atoms with Gasteiger partial charge in [0.15, 0.2) is 9.84 Å². The first-order valence-corrected chi connectivity index (χ1v) is 13.0. The Morgan fingerprint density at radius 1 is 1.00 bits per heavy atom. The number of rotatable bonds is 5. The maximum atomic E-state index is 13.5. The molecule has 5 N–H and O–H groups in total. The second kappa shape index (κ2) is 9.49. The second-order valence-corrected chi connectivity index (χ2v) is 11.0. The van der Waals surface area contributed by atoms with E-state index < -0.39 is 26.9 Å². The van der Waals surface area contributed by atoms with Crippen molar-refractivity contribution in [3.63, 3.8) is 0 Å². The van der Waals surface area contributed by atoms with Crippen LogP contribution in [0.1, 0.15) is 34.3 Å². The number of nitrogens with zero attached hydrogens (tertiary/aromatic N) is 1. The van der Waals surface area contributed by atoms with Gasteiger partial charge >= 0.3 is 0 Å². The van der Waals surface area contributed by atoms with Crippen molar-refractivity contribution in [2.24, 2.45) is 0 Å². The van der Waals surface area contributed by atoms with Crippen LogP contribution in [0.3, 0.4) is 0 Å². The van der Waals surface area contributed by atoms with E-state index >= 15 is 0 Å². The molecule has 10 heteroatoms. The third-order valence-corrected chi connectivity index (χ3v) is 8.41. The van der Waals surface area contributed by atoms with Crippen LogP contribution in [0.2, 0.25) is 5.02 Å². The maximum Gasteiger partial charge on any atom is 0.253 e. The number of piperidine rings is 1. The summed E-state index contributed by atoms with van der Waals surface area (Å²) in [5.41, 5.74) is 10.9. The van der Waals surface area contributed by atoms with Gasteiger partial charge in [-0.1, -0.05) is 41.9 Å². The van der Waals surface area contributed by atoms with Crippen molar-refractivity contribution >= 4 is 38.7 Å². The molecule has 0 unspecified atom stereocenters. The number of aliphatic hydroxyl groups is 1. The number of benzene rings is 3. The highest BCUT2D eigenvalue weighted by molar-refractivity contribution is 7.90. The Morgan fingerprint density at radius 2 is 1.63 bits per heavy atom. The number of carbonyl (C=O) groups excluding carboxylic acids is 1. The molecule has 7 nitrogen and oxygen atoms in total. The molecule has 0 bridgehead atoms. The lowest BCUT2D eigenvalue weighted by atomic mass is 9.84. The predicted molar refractivity (Wildman–Crippen MR) is 133 cm³/mol. The highest BCUT2D eigenvalue weighted by Crippen LogP contribution is 2.37. The number of nitrogens with two attached hydrogens (primary N) is 2. The van der Waals surface area contributed by atoms with Gasteiger partial charge in [-0.15, -0.1) is 0 Å². The first-order chi connectivity index (χ1) is 16.5. The number of nitrogen functional groups attached to an aromatic ring is 2. The molecule has 1 heterocycles. The number of hydrogen-bond acceptors (Lipinski definition) is 6. The lowest BCUT2D eigenvalue weighted by Crippen LogP contribution is -2.45. The molecule has 0 aliphatic carbocycles. The van der Waals surface area contributed by atoms with Crippen LogP contribution < -0.4 is 11.5 Å². The largest absolute Gasteiger partial charge is 0.396 e. The average molecular weight is 518 g/mol. The van der Waals surface area contributed by atoms with Gasteiger partial charge in [0.1, 0.15) is 5.82 Å². The minimum Gasteiger partial charge on any atom is -0.396 e. The molecule has 1 aliphatic heterocycles. The van der Waals surface area contributed by atoms with E-state index in [1.54, 1.807) is 47.4 Å². The third kappa shape index (κ3) is 4.98. The normalized spacial score (nSPS) is 15.7. The lowest BCUT2D eigenvalue weighted by molar-refractivity contribution is -0.0210. The first-order valence-electron chi connectivity index (χ1n) is 10.9. The highest BCUT2D eigenvalue weighted by Gasteiger charge is 2.37. The fourth-order valence-corrected chi connectivity index (χ4v) is 6.09. The summed E-state index contributed by atoms with van der Waals surface area (Å²) < 4.78 is 39.1. The van der Waals surface area contributed by atoms with E-state index in [4.69, 9.17) is 23.1 Å². The molecule has 0 radical (unpaired) electrons. The minimum absolute atomic E-state index is 0.212. The Kier molecular flexibility index (Phi) is 6.77. The number of sulfone groups is 1. The topological polar surface area (TPSA) is 127 Å². The van der Waals surface area contributed by atoms with Crippen molar-refractivity contribution < 1.29 is 22.7 Å². The summed E-state index contributed by atoms with van der Waals surface area (Å²) in [6.07, 6.45) is 0.696. The quantitative estimate of drug-likeness (QED) is 0.349. The van der Waals surface area contributed by atoms with Crippen molar-refractivity contribution in [2.45, 2.75) is 29.1 Å². The smallest absolute Gasteiger partial charge is 0.253 e. The molecule has 1 fully saturated rings. The number of hydrogen-bond donors (Lipinski definition) is 3. The number of likely N-dealkylation sites (tertiary alicyclic amines) is 1. The van der Waals surface area contributed by atoms with Gasteiger partial charge in [0.2, 0.25) is 0 Å². The van der Waals surface area contributed by atoms with Crippen LogP contribution >= 0.6 is 11.6 Å². The number of halogens is 2. The Balaban J connectivity index is 1.44. The van der Waals surface area contributed by atoms with E-state index in [0.29, 0.717) is 47.6 Å². The Morgan fingerprint density at radius 3 is 2.26 bits per heavy atom. The summed E-state index contributed by atoms with van der Waals surface area (Å²) in [7, 11) is -3.89. The van der Waals surface area contributed by atoms with Crippen LogP contribution in [-0.2, 0) is 21.2 Å². The molecule has 4 rings (SSSR count). The molecular formula is C25H25ClFN3O4S. The lowest BCUT2D eigenvalue weighted by Gasteiger charge is -2.39. The van der Waals surface area contributed by atoms with Gasteiger partial charge in [-0.05, 0) is 48.7 Å². The molecule has 1 saturated heterocycles. The fraction of sp³-hybridized carbons (Fsp3) is 0.240. The zero-order valence-electron chi connectivity index (χ0n) is 18.7. The second-order valence-electron chi connectivity index (χ2n) is 8.63. The summed E-state index contributed by atoms with van der Waals surface area (Å²) in [5, 5.41) is 11.6. The molecule has 0 atom stereocenters. The van der Waals surface area contributed by atoms with Crippen LogP contribution in [0.5, 0.6) is 0 Å². The van der Waals surface area contributed by atoms with Crippen molar-refractivity contribution in [3.05, 3.63) is 88.2 Å². The van der Waals surface area contributed by atoms with Crippen molar-refractivity contribution in [1.82, 2.24) is 4.90 Å². The summed E-state index contributed by atoms with van der Waals surface area (Å²) in [4.78, 5) is 14.4. The minimum atomic E-state index is -3.89. The Hall–Kier alpha value is -3.14. The molecule has 184 valence electrons. The van der Waals surface area contributed by atoms with E-state index in [2.05, 4.69) is 0 Å². The van der Waals surface area contributed by atoms with Crippen molar-refractivity contribution in [3.8, 4) is 0 Å². The third-order valence-electron chi connectivity index (χ3n) is 6.34. The van der Waals surface area contributed by atoms with E-state index in [1.165, 1.54) is 0 Å². The number of anilines is 2. The van der Waals surface area contributed by atoms with Gasteiger partial charge in [-0.3, -0.25) is 4.79 Å². The highest BCUT2D eigenvalue weighted by atomic mass is 35.5. The van der Waals surface area contributed by atoms with Crippen LogP contribution in [0.15, 0.2) is 65.6 Å². The summed E-state index contributed by atoms with van der Waals surface area (Å²) >= 11 is 6.25. The molecule has 0 saturated carbocycles. The predicted octanol–water partition coefficient (Wildman–Crippen LogP) is 3.74. The molecule has 3 aromatic rings. The first kappa shape index (κ1) is 25.0. The molecule has 1 amide bonds. The molecule has 0 aromatic heterocycles. The van der Waals surface area contributed by atoms with E-state index in [-0.39, 0.29) is 22.2 Å². The zero-order chi connectivity index (χ0) is 25.4. The maximum absolute atomic E-state index is 13.5. The van der Waals surface area contributed by atoms with Crippen LogP contribution in [0, 0.1) is 5.82 Å².